The number of fused-ring (bicyclic) bond motifs is 1. The molecule has 2 N–H and O–H groups in total. The van der Waals surface area contributed by atoms with Gasteiger partial charge in [-0.1, -0.05) is 48.5 Å². The lowest BCUT2D eigenvalue weighted by molar-refractivity contribution is 0.0480. The second kappa shape index (κ2) is 6.72. The zero-order valence-corrected chi connectivity index (χ0v) is 14.1. The molecule has 4 aromatic rings. The normalized spacial score (nSPS) is 10.7. The van der Waals surface area contributed by atoms with Crippen LogP contribution in [-0.2, 0) is 0 Å². The molecule has 7 nitrogen and oxygen atoms in total. The number of nitrogens with zero attached hydrogens (tertiary/aromatic N) is 3. The van der Waals surface area contributed by atoms with Gasteiger partial charge in [0.1, 0.15) is 0 Å². The van der Waals surface area contributed by atoms with Crippen molar-refractivity contribution >= 4 is 22.8 Å². The van der Waals surface area contributed by atoms with Crippen molar-refractivity contribution in [2.45, 2.75) is 0 Å². The lowest BCUT2D eigenvalue weighted by Crippen LogP contribution is -2.19. The first kappa shape index (κ1) is 16.5. The molecule has 0 aliphatic rings. The van der Waals surface area contributed by atoms with Crippen LogP contribution >= 0.6 is 0 Å². The van der Waals surface area contributed by atoms with Gasteiger partial charge in [0.2, 0.25) is 0 Å². The standard InChI is InChI=1S/C20H14N4O3/c21-18(25)16-12-24(17-9-5-4-8-15(16)17)27-20(26)14-10-22-19(23-11-14)13-6-2-1-3-7-13/h1-12H,(H2,21,25). The Morgan fingerprint density at radius 2 is 1.59 bits per heavy atom. The number of nitrogens with two attached hydrogens (primary N) is 1. The largest absolute Gasteiger partial charge is 0.366 e. The molecule has 0 radical (unpaired) electrons. The Labute approximate surface area is 154 Å². The summed E-state index contributed by atoms with van der Waals surface area (Å²) >= 11 is 0. The van der Waals surface area contributed by atoms with Gasteiger partial charge in [0.25, 0.3) is 5.91 Å². The highest BCUT2D eigenvalue weighted by atomic mass is 16.7. The van der Waals surface area contributed by atoms with Crippen molar-refractivity contribution < 1.29 is 14.4 Å². The molecule has 0 bridgehead atoms. The average molecular weight is 358 g/mol. The molecular formula is C20H14N4O3. The SMILES string of the molecule is NC(=O)c1cn(OC(=O)c2cnc(-c3ccccc3)nc2)c2ccccc12. The van der Waals surface area contributed by atoms with Gasteiger partial charge in [-0.2, -0.15) is 4.73 Å². The predicted octanol–water partition coefficient (Wildman–Crippen LogP) is 2.47. The molecule has 0 aliphatic carbocycles. The van der Waals surface area contributed by atoms with Crippen LogP contribution in [0.4, 0.5) is 0 Å². The number of primary amides is 1. The van der Waals surface area contributed by atoms with Crippen LogP contribution < -0.4 is 10.6 Å². The second-order valence-electron chi connectivity index (χ2n) is 5.79. The molecule has 4 rings (SSSR count). The van der Waals surface area contributed by atoms with E-state index in [0.29, 0.717) is 16.7 Å². The summed E-state index contributed by atoms with van der Waals surface area (Å²) in [5.41, 5.74) is 7.26. The van der Waals surface area contributed by atoms with Gasteiger partial charge in [0.05, 0.1) is 22.8 Å². The van der Waals surface area contributed by atoms with Crippen LogP contribution in [0, 0.1) is 0 Å². The van der Waals surface area contributed by atoms with E-state index in [1.54, 1.807) is 24.3 Å². The molecule has 27 heavy (non-hydrogen) atoms. The van der Waals surface area contributed by atoms with E-state index < -0.39 is 11.9 Å². The highest BCUT2D eigenvalue weighted by Crippen LogP contribution is 2.20. The quantitative estimate of drug-likeness (QED) is 0.604. The number of para-hydroxylation sites is 1. The maximum absolute atomic E-state index is 12.4. The molecule has 0 saturated heterocycles. The Hall–Kier alpha value is -4.00. The fraction of sp³-hybridized carbons (Fsp3) is 0. The number of amides is 1. The zero-order chi connectivity index (χ0) is 18.8. The van der Waals surface area contributed by atoms with Crippen molar-refractivity contribution in [1.29, 1.82) is 0 Å². The molecule has 0 fully saturated rings. The Morgan fingerprint density at radius 3 is 2.30 bits per heavy atom. The van der Waals surface area contributed by atoms with E-state index in [1.807, 2.05) is 30.3 Å². The molecule has 0 unspecified atom stereocenters. The Balaban J connectivity index is 1.61. The van der Waals surface area contributed by atoms with Crippen molar-refractivity contribution in [3.8, 4) is 11.4 Å². The molecule has 0 atom stereocenters. The third-order valence-electron chi connectivity index (χ3n) is 4.04. The Bertz CT molecular complexity index is 1140. The minimum Gasteiger partial charge on any atom is -0.366 e. The first-order chi connectivity index (χ1) is 13.1. The molecule has 132 valence electrons. The minimum atomic E-state index is -0.647. The minimum absolute atomic E-state index is 0.188. The van der Waals surface area contributed by atoms with E-state index in [4.69, 9.17) is 10.6 Å². The number of aromatic nitrogens is 3. The van der Waals surface area contributed by atoms with Gasteiger partial charge in [-0.25, -0.2) is 14.8 Å². The molecule has 0 spiro atoms. The molecule has 0 saturated carbocycles. The predicted molar refractivity (Wildman–Crippen MR) is 98.8 cm³/mol. The van der Waals surface area contributed by atoms with E-state index in [9.17, 15) is 9.59 Å². The topological polar surface area (TPSA) is 100 Å². The monoisotopic (exact) mass is 358 g/mol. The van der Waals surface area contributed by atoms with Crippen LogP contribution in [0.15, 0.2) is 73.2 Å². The summed E-state index contributed by atoms with van der Waals surface area (Å²) < 4.78 is 1.23. The van der Waals surface area contributed by atoms with Crippen molar-refractivity contribution in [2.75, 3.05) is 0 Å². The van der Waals surface area contributed by atoms with Crippen molar-refractivity contribution in [3.05, 3.63) is 84.3 Å². The molecule has 2 heterocycles. The Kier molecular flexibility index (Phi) is 4.10. The zero-order valence-electron chi connectivity index (χ0n) is 14.1. The van der Waals surface area contributed by atoms with Crippen LogP contribution in [0.5, 0.6) is 0 Å². The van der Waals surface area contributed by atoms with Crippen LogP contribution in [0.25, 0.3) is 22.3 Å². The first-order valence-electron chi connectivity index (χ1n) is 8.13. The van der Waals surface area contributed by atoms with Gasteiger partial charge in [0, 0.05) is 23.3 Å². The third kappa shape index (κ3) is 3.13. The number of carbonyl (C=O) groups is 2. The summed E-state index contributed by atoms with van der Waals surface area (Å²) in [5.74, 6) is -0.738. The fourth-order valence-electron chi connectivity index (χ4n) is 2.73. The molecular weight excluding hydrogens is 344 g/mol. The van der Waals surface area contributed by atoms with Crippen molar-refractivity contribution in [2.24, 2.45) is 5.73 Å². The lowest BCUT2D eigenvalue weighted by atomic mass is 10.2. The molecule has 1 amide bonds. The molecule has 2 aromatic carbocycles. The van der Waals surface area contributed by atoms with Crippen LogP contribution in [0.3, 0.4) is 0 Å². The van der Waals surface area contributed by atoms with Crippen LogP contribution in [0.1, 0.15) is 20.7 Å². The molecule has 7 heteroatoms. The van der Waals surface area contributed by atoms with Gasteiger partial charge in [-0.05, 0) is 6.07 Å². The highest BCUT2D eigenvalue weighted by molar-refractivity contribution is 6.06. The number of rotatable bonds is 4. The third-order valence-corrected chi connectivity index (χ3v) is 4.04. The van der Waals surface area contributed by atoms with Gasteiger partial charge < -0.3 is 10.6 Å². The molecule has 2 aromatic heterocycles. The summed E-state index contributed by atoms with van der Waals surface area (Å²) in [5, 5.41) is 0.605. The smallest absolute Gasteiger partial charge is 0.366 e. The van der Waals surface area contributed by atoms with E-state index >= 15 is 0 Å². The van der Waals surface area contributed by atoms with Gasteiger partial charge in [-0.3, -0.25) is 4.79 Å². The van der Waals surface area contributed by atoms with Crippen LogP contribution in [0.2, 0.25) is 0 Å². The number of hydrogen-bond donors (Lipinski definition) is 1. The van der Waals surface area contributed by atoms with Gasteiger partial charge >= 0.3 is 5.97 Å². The van der Waals surface area contributed by atoms with Crippen LogP contribution in [-0.4, -0.2) is 26.6 Å². The summed E-state index contributed by atoms with van der Waals surface area (Å²) in [7, 11) is 0. The number of benzene rings is 2. The maximum Gasteiger partial charge on any atom is 0.366 e. The van der Waals surface area contributed by atoms with E-state index in [0.717, 1.165) is 5.56 Å². The first-order valence-corrected chi connectivity index (χ1v) is 8.13. The van der Waals surface area contributed by atoms with E-state index in [2.05, 4.69) is 9.97 Å². The highest BCUT2D eigenvalue weighted by Gasteiger charge is 2.17. The second-order valence-corrected chi connectivity index (χ2v) is 5.79. The fourth-order valence-corrected chi connectivity index (χ4v) is 2.73. The average Bonchev–Trinajstić information content (AvgIpc) is 3.08. The number of hydrogen-bond acceptors (Lipinski definition) is 5. The Morgan fingerprint density at radius 1 is 0.926 bits per heavy atom. The molecule has 0 aliphatic heterocycles. The van der Waals surface area contributed by atoms with Gasteiger partial charge in [0.15, 0.2) is 5.82 Å². The summed E-state index contributed by atoms with van der Waals surface area (Å²) in [6.07, 6.45) is 4.20. The van der Waals surface area contributed by atoms with E-state index in [1.165, 1.54) is 23.3 Å². The summed E-state index contributed by atoms with van der Waals surface area (Å²) in [6.45, 7) is 0. The van der Waals surface area contributed by atoms with E-state index in [-0.39, 0.29) is 11.1 Å². The number of carbonyl (C=O) groups excluding carboxylic acids is 2. The summed E-state index contributed by atoms with van der Waals surface area (Å²) in [4.78, 5) is 37.9. The maximum atomic E-state index is 12.4. The summed E-state index contributed by atoms with van der Waals surface area (Å²) in [6, 6.07) is 16.4. The van der Waals surface area contributed by atoms with Crippen molar-refractivity contribution in [1.82, 2.24) is 14.7 Å². The van der Waals surface area contributed by atoms with Gasteiger partial charge in [-0.15, -0.1) is 0 Å². The van der Waals surface area contributed by atoms with Crippen molar-refractivity contribution in [3.63, 3.8) is 0 Å². The lowest BCUT2D eigenvalue weighted by Gasteiger charge is -2.06.